The number of hydrazine groups is 1. The fourth-order valence-corrected chi connectivity index (χ4v) is 2.35. The van der Waals surface area contributed by atoms with Crippen molar-refractivity contribution in [1.29, 1.82) is 0 Å². The number of carbonyl (C=O) groups excluding carboxylic acids is 2. The SMILES string of the molecule is Cc1ccc(OCC(=O)NNC(=O)c2cc(F)c(Cl)cc2Cl)cc1C. The molecule has 0 aliphatic heterocycles. The van der Waals surface area contributed by atoms with E-state index in [0.29, 0.717) is 5.75 Å². The molecule has 0 saturated carbocycles. The summed E-state index contributed by atoms with van der Waals surface area (Å²) < 4.78 is 18.7. The molecule has 0 fully saturated rings. The van der Waals surface area contributed by atoms with Gasteiger partial charge in [-0.05, 0) is 49.2 Å². The summed E-state index contributed by atoms with van der Waals surface area (Å²) in [6.45, 7) is 3.59. The zero-order valence-corrected chi connectivity index (χ0v) is 15.0. The van der Waals surface area contributed by atoms with Gasteiger partial charge in [-0.2, -0.15) is 0 Å². The molecule has 8 heteroatoms. The first-order valence-electron chi connectivity index (χ1n) is 7.21. The molecule has 0 aromatic heterocycles. The lowest BCUT2D eigenvalue weighted by atomic mass is 10.1. The van der Waals surface area contributed by atoms with E-state index in [1.807, 2.05) is 19.9 Å². The Labute approximate surface area is 154 Å². The molecule has 0 heterocycles. The Morgan fingerprint density at radius 2 is 1.76 bits per heavy atom. The van der Waals surface area contributed by atoms with Gasteiger partial charge < -0.3 is 4.74 Å². The van der Waals surface area contributed by atoms with Crippen LogP contribution in [0.5, 0.6) is 5.75 Å². The molecule has 0 aliphatic carbocycles. The number of nitrogens with one attached hydrogen (secondary N) is 2. The number of amides is 2. The average Bonchev–Trinajstić information content (AvgIpc) is 2.57. The quantitative estimate of drug-likeness (QED) is 0.625. The van der Waals surface area contributed by atoms with Gasteiger partial charge in [-0.15, -0.1) is 0 Å². The Morgan fingerprint density at radius 1 is 1.04 bits per heavy atom. The van der Waals surface area contributed by atoms with E-state index in [9.17, 15) is 14.0 Å². The van der Waals surface area contributed by atoms with Gasteiger partial charge >= 0.3 is 0 Å². The van der Waals surface area contributed by atoms with Gasteiger partial charge in [0.2, 0.25) is 0 Å². The highest BCUT2D eigenvalue weighted by molar-refractivity contribution is 6.36. The van der Waals surface area contributed by atoms with Crippen molar-refractivity contribution in [2.24, 2.45) is 0 Å². The number of carbonyl (C=O) groups is 2. The number of hydrogen-bond acceptors (Lipinski definition) is 3. The van der Waals surface area contributed by atoms with Gasteiger partial charge in [-0.1, -0.05) is 29.3 Å². The Hall–Kier alpha value is -2.31. The van der Waals surface area contributed by atoms with Crippen molar-refractivity contribution in [3.05, 3.63) is 62.9 Å². The zero-order valence-electron chi connectivity index (χ0n) is 13.5. The fraction of sp³-hybridized carbons (Fsp3) is 0.176. The molecular formula is C17H15Cl2FN2O3. The topological polar surface area (TPSA) is 67.4 Å². The van der Waals surface area contributed by atoms with Crippen molar-refractivity contribution in [3.8, 4) is 5.75 Å². The normalized spacial score (nSPS) is 10.3. The summed E-state index contributed by atoms with van der Waals surface area (Å²) in [4.78, 5) is 23.7. The first-order chi connectivity index (χ1) is 11.8. The van der Waals surface area contributed by atoms with Crippen molar-refractivity contribution in [1.82, 2.24) is 10.9 Å². The average molecular weight is 385 g/mol. The van der Waals surface area contributed by atoms with Crippen LogP contribution in [0.4, 0.5) is 4.39 Å². The van der Waals surface area contributed by atoms with Crippen molar-refractivity contribution < 1.29 is 18.7 Å². The number of hydrogen-bond donors (Lipinski definition) is 2. The third-order valence-electron chi connectivity index (χ3n) is 3.42. The summed E-state index contributed by atoms with van der Waals surface area (Å²) in [5, 5.41) is -0.239. The molecule has 2 rings (SSSR count). The van der Waals surface area contributed by atoms with E-state index >= 15 is 0 Å². The summed E-state index contributed by atoms with van der Waals surface area (Å²) in [7, 11) is 0. The van der Waals surface area contributed by atoms with Crippen LogP contribution in [0.25, 0.3) is 0 Å². The number of rotatable bonds is 4. The molecule has 2 N–H and O–H groups in total. The summed E-state index contributed by atoms with van der Waals surface area (Å²) in [5.74, 6) is -1.62. The van der Waals surface area contributed by atoms with Crippen LogP contribution in [-0.2, 0) is 4.79 Å². The third-order valence-corrected chi connectivity index (χ3v) is 4.02. The minimum Gasteiger partial charge on any atom is -0.484 e. The molecule has 0 radical (unpaired) electrons. The van der Waals surface area contributed by atoms with Crippen LogP contribution in [-0.4, -0.2) is 18.4 Å². The van der Waals surface area contributed by atoms with Crippen molar-refractivity contribution in [2.75, 3.05) is 6.61 Å². The molecule has 0 unspecified atom stereocenters. The highest BCUT2D eigenvalue weighted by atomic mass is 35.5. The van der Waals surface area contributed by atoms with Crippen LogP contribution in [0.15, 0.2) is 30.3 Å². The predicted octanol–water partition coefficient (Wildman–Crippen LogP) is 3.59. The Balaban J connectivity index is 1.88. The maximum atomic E-state index is 13.4. The minimum absolute atomic E-state index is 0.0375. The molecule has 2 aromatic carbocycles. The van der Waals surface area contributed by atoms with Crippen LogP contribution in [0.3, 0.4) is 0 Å². The highest BCUT2D eigenvalue weighted by Gasteiger charge is 2.15. The Bertz CT molecular complexity index is 828. The summed E-state index contributed by atoms with van der Waals surface area (Å²) >= 11 is 11.4. The summed E-state index contributed by atoms with van der Waals surface area (Å²) in [6, 6.07) is 7.42. The van der Waals surface area contributed by atoms with E-state index in [2.05, 4.69) is 10.9 Å². The predicted molar refractivity (Wildman–Crippen MR) is 93.4 cm³/mol. The molecular weight excluding hydrogens is 370 g/mol. The Morgan fingerprint density at radius 3 is 2.44 bits per heavy atom. The third kappa shape index (κ3) is 5.08. The second kappa shape index (κ2) is 8.18. The van der Waals surface area contributed by atoms with Gasteiger partial charge in [-0.3, -0.25) is 20.4 Å². The van der Waals surface area contributed by atoms with Crippen LogP contribution < -0.4 is 15.6 Å². The van der Waals surface area contributed by atoms with Gasteiger partial charge in [0.25, 0.3) is 11.8 Å². The van der Waals surface area contributed by atoms with Crippen molar-refractivity contribution >= 4 is 35.0 Å². The van der Waals surface area contributed by atoms with Crippen LogP contribution in [0.1, 0.15) is 21.5 Å². The number of halogens is 3. The fourth-order valence-electron chi connectivity index (χ4n) is 1.88. The second-order valence-corrected chi connectivity index (χ2v) is 6.10. The van der Waals surface area contributed by atoms with Crippen molar-refractivity contribution in [3.63, 3.8) is 0 Å². The highest BCUT2D eigenvalue weighted by Crippen LogP contribution is 2.24. The number of benzene rings is 2. The van der Waals surface area contributed by atoms with Crippen LogP contribution >= 0.6 is 23.2 Å². The van der Waals surface area contributed by atoms with E-state index in [0.717, 1.165) is 23.3 Å². The van der Waals surface area contributed by atoms with Gasteiger partial charge in [0.1, 0.15) is 11.6 Å². The molecule has 0 bridgehead atoms. The van der Waals surface area contributed by atoms with E-state index < -0.39 is 17.6 Å². The zero-order chi connectivity index (χ0) is 18.6. The lowest BCUT2D eigenvalue weighted by Crippen LogP contribution is -2.44. The largest absolute Gasteiger partial charge is 0.484 e. The van der Waals surface area contributed by atoms with Gasteiger partial charge in [0.15, 0.2) is 6.61 Å². The van der Waals surface area contributed by atoms with Crippen LogP contribution in [0.2, 0.25) is 10.0 Å². The molecule has 2 amide bonds. The molecule has 0 aliphatic rings. The van der Waals surface area contributed by atoms with Crippen LogP contribution in [0, 0.1) is 19.7 Å². The Kier molecular flexibility index (Phi) is 6.22. The first-order valence-corrected chi connectivity index (χ1v) is 7.97. The number of ether oxygens (including phenoxy) is 1. The summed E-state index contributed by atoms with van der Waals surface area (Å²) in [6.07, 6.45) is 0. The molecule has 5 nitrogen and oxygen atoms in total. The molecule has 2 aromatic rings. The second-order valence-electron chi connectivity index (χ2n) is 5.28. The molecule has 0 atom stereocenters. The van der Waals surface area contributed by atoms with E-state index in [1.165, 1.54) is 0 Å². The molecule has 132 valence electrons. The lowest BCUT2D eigenvalue weighted by molar-refractivity contribution is -0.123. The molecule has 25 heavy (non-hydrogen) atoms. The smallest absolute Gasteiger partial charge is 0.276 e. The van der Waals surface area contributed by atoms with Gasteiger partial charge in [0, 0.05) is 0 Å². The maximum Gasteiger partial charge on any atom is 0.276 e. The summed E-state index contributed by atoms with van der Waals surface area (Å²) in [5.41, 5.74) is 6.28. The van der Waals surface area contributed by atoms with Gasteiger partial charge in [0.05, 0.1) is 15.6 Å². The van der Waals surface area contributed by atoms with E-state index in [1.54, 1.807) is 12.1 Å². The molecule has 0 saturated heterocycles. The van der Waals surface area contributed by atoms with Crippen molar-refractivity contribution in [2.45, 2.75) is 13.8 Å². The van der Waals surface area contributed by atoms with Gasteiger partial charge in [-0.25, -0.2) is 4.39 Å². The lowest BCUT2D eigenvalue weighted by Gasteiger charge is -2.11. The maximum absolute atomic E-state index is 13.4. The standard InChI is InChI=1S/C17H15Cl2FN2O3/c1-9-3-4-11(5-10(9)2)25-8-16(23)21-22-17(24)12-6-15(20)14(19)7-13(12)18/h3-7H,8H2,1-2H3,(H,21,23)(H,22,24). The minimum atomic E-state index is -0.791. The van der Waals surface area contributed by atoms with E-state index in [4.69, 9.17) is 27.9 Å². The first kappa shape index (κ1) is 19.0. The monoisotopic (exact) mass is 384 g/mol. The number of aryl methyl sites for hydroxylation is 2. The van der Waals surface area contributed by atoms with E-state index in [-0.39, 0.29) is 22.2 Å². The molecule has 0 spiro atoms.